The van der Waals surface area contributed by atoms with Crippen LogP contribution in [0.25, 0.3) is 0 Å². The lowest BCUT2D eigenvalue weighted by atomic mass is 10.1. The number of hydrogen-bond donors (Lipinski definition) is 0. The lowest BCUT2D eigenvalue weighted by Gasteiger charge is -2.12. The van der Waals surface area contributed by atoms with E-state index in [9.17, 15) is 13.2 Å². The second-order valence-electron chi connectivity index (χ2n) is 2.86. The average Bonchev–Trinajstić information content (AvgIpc) is 1.96. The molecule has 1 atom stereocenters. The number of rotatable bonds is 5. The van der Waals surface area contributed by atoms with Gasteiger partial charge in [0.05, 0.1) is 0 Å². The van der Waals surface area contributed by atoms with Gasteiger partial charge in [-0.2, -0.15) is 13.2 Å². The summed E-state index contributed by atoms with van der Waals surface area (Å²) >= 11 is 2.63. The van der Waals surface area contributed by atoms with Gasteiger partial charge in [0, 0.05) is 0 Å². The Labute approximate surface area is 79.7 Å². The van der Waals surface area contributed by atoms with Crippen molar-refractivity contribution in [1.29, 1.82) is 0 Å². The van der Waals surface area contributed by atoms with E-state index in [-0.39, 0.29) is 6.42 Å². The molecule has 0 aliphatic rings. The fourth-order valence-corrected chi connectivity index (χ4v) is 1.24. The van der Waals surface area contributed by atoms with Crippen molar-refractivity contribution in [3.63, 3.8) is 0 Å². The summed E-state index contributed by atoms with van der Waals surface area (Å²) in [5.41, 5.74) is 0. The van der Waals surface area contributed by atoms with Crippen molar-refractivity contribution in [2.24, 2.45) is 0 Å². The summed E-state index contributed by atoms with van der Waals surface area (Å²) in [4.78, 5) is -1.32. The molecular formula is C8H14BrF3. The summed E-state index contributed by atoms with van der Waals surface area (Å²) in [6, 6.07) is 0. The molecule has 0 aromatic rings. The molecule has 0 heterocycles. The van der Waals surface area contributed by atoms with E-state index >= 15 is 0 Å². The highest BCUT2D eigenvalue weighted by atomic mass is 79.9. The predicted octanol–water partition coefficient (Wildman–Crippen LogP) is 4.28. The van der Waals surface area contributed by atoms with Crippen molar-refractivity contribution in [3.05, 3.63) is 0 Å². The summed E-state index contributed by atoms with van der Waals surface area (Å²) in [6.07, 6.45) is -0.246. The average molecular weight is 247 g/mol. The van der Waals surface area contributed by atoms with Gasteiger partial charge in [-0.05, 0) is 6.42 Å². The van der Waals surface area contributed by atoms with Gasteiger partial charge >= 0.3 is 6.18 Å². The van der Waals surface area contributed by atoms with Crippen LogP contribution in [0.3, 0.4) is 0 Å². The Hall–Kier alpha value is 0.270. The van der Waals surface area contributed by atoms with Crippen molar-refractivity contribution in [2.75, 3.05) is 0 Å². The minimum atomic E-state index is -4.08. The van der Waals surface area contributed by atoms with E-state index in [4.69, 9.17) is 0 Å². The molecule has 74 valence electrons. The van der Waals surface area contributed by atoms with Crippen molar-refractivity contribution in [2.45, 2.75) is 50.0 Å². The van der Waals surface area contributed by atoms with Crippen molar-refractivity contribution in [3.8, 4) is 0 Å². The Kier molecular flexibility index (Phi) is 5.97. The molecular weight excluding hydrogens is 233 g/mol. The smallest absolute Gasteiger partial charge is 0.170 e. The van der Waals surface area contributed by atoms with E-state index < -0.39 is 11.0 Å². The molecule has 0 saturated heterocycles. The highest BCUT2D eigenvalue weighted by Crippen LogP contribution is 2.30. The van der Waals surface area contributed by atoms with Crippen LogP contribution in [0.2, 0.25) is 0 Å². The highest BCUT2D eigenvalue weighted by molar-refractivity contribution is 9.09. The van der Waals surface area contributed by atoms with E-state index in [1.807, 2.05) is 6.92 Å². The van der Waals surface area contributed by atoms with E-state index in [0.717, 1.165) is 19.3 Å². The predicted molar refractivity (Wildman–Crippen MR) is 47.5 cm³/mol. The normalized spacial score (nSPS) is 14.8. The molecule has 0 aromatic carbocycles. The molecule has 0 saturated carbocycles. The molecule has 0 rings (SSSR count). The molecule has 0 N–H and O–H groups in total. The molecule has 0 radical (unpaired) electrons. The van der Waals surface area contributed by atoms with Gasteiger partial charge in [-0.25, -0.2) is 0 Å². The Morgan fingerprint density at radius 2 is 1.75 bits per heavy atom. The molecule has 0 unspecified atom stereocenters. The van der Waals surface area contributed by atoms with Crippen LogP contribution in [0.1, 0.15) is 39.0 Å². The quantitative estimate of drug-likeness (QED) is 0.502. The maximum Gasteiger partial charge on any atom is 0.401 e. The van der Waals surface area contributed by atoms with Crippen LogP contribution in [0.4, 0.5) is 13.2 Å². The summed E-state index contributed by atoms with van der Waals surface area (Å²) in [7, 11) is 0. The molecule has 0 nitrogen and oxygen atoms in total. The van der Waals surface area contributed by atoms with Gasteiger partial charge in [0.25, 0.3) is 0 Å². The number of hydrogen-bond acceptors (Lipinski definition) is 0. The zero-order valence-corrected chi connectivity index (χ0v) is 8.71. The molecule has 0 aliphatic heterocycles. The SMILES string of the molecule is CCCCCC[C@@H](Br)C(F)(F)F. The molecule has 12 heavy (non-hydrogen) atoms. The monoisotopic (exact) mass is 246 g/mol. The standard InChI is InChI=1S/C8H14BrF3/c1-2-3-4-5-6-7(9)8(10,11)12/h7H,2-6H2,1H3/t7-/m1/s1. The topological polar surface area (TPSA) is 0 Å². The molecule has 0 amide bonds. The first-order valence-corrected chi connectivity index (χ1v) is 5.10. The van der Waals surface area contributed by atoms with Crippen LogP contribution in [-0.2, 0) is 0 Å². The summed E-state index contributed by atoms with van der Waals surface area (Å²) in [6.45, 7) is 2.04. The van der Waals surface area contributed by atoms with Gasteiger partial charge < -0.3 is 0 Å². The van der Waals surface area contributed by atoms with Crippen molar-refractivity contribution in [1.82, 2.24) is 0 Å². The van der Waals surface area contributed by atoms with Gasteiger partial charge in [-0.15, -0.1) is 0 Å². The molecule has 0 aromatic heterocycles. The first-order valence-electron chi connectivity index (χ1n) is 4.19. The van der Waals surface area contributed by atoms with E-state index in [1.54, 1.807) is 0 Å². The lowest BCUT2D eigenvalue weighted by Crippen LogP contribution is -2.22. The van der Waals surface area contributed by atoms with Crippen molar-refractivity contribution >= 4 is 15.9 Å². The molecule has 4 heteroatoms. The van der Waals surface area contributed by atoms with E-state index in [1.165, 1.54) is 0 Å². The summed E-state index contributed by atoms with van der Waals surface area (Å²) in [5.74, 6) is 0. The Morgan fingerprint density at radius 1 is 1.17 bits per heavy atom. The van der Waals surface area contributed by atoms with Crippen LogP contribution in [0.15, 0.2) is 0 Å². The third-order valence-electron chi connectivity index (χ3n) is 1.67. The third-order valence-corrected chi connectivity index (χ3v) is 2.64. The molecule has 0 fully saturated rings. The second-order valence-corrected chi connectivity index (χ2v) is 3.96. The molecule has 0 bridgehead atoms. The summed E-state index contributed by atoms with van der Waals surface area (Å²) < 4.78 is 35.7. The maximum absolute atomic E-state index is 11.9. The zero-order chi connectivity index (χ0) is 9.61. The molecule has 0 aliphatic carbocycles. The van der Waals surface area contributed by atoms with Crippen LogP contribution in [-0.4, -0.2) is 11.0 Å². The second kappa shape index (κ2) is 5.84. The van der Waals surface area contributed by atoms with Gasteiger partial charge in [-0.3, -0.25) is 0 Å². The minimum Gasteiger partial charge on any atom is -0.170 e. The number of alkyl halides is 4. The van der Waals surface area contributed by atoms with Gasteiger partial charge in [0.15, 0.2) is 0 Å². The van der Waals surface area contributed by atoms with Crippen LogP contribution >= 0.6 is 15.9 Å². The Balaban J connectivity index is 3.38. The number of unbranched alkanes of at least 4 members (excludes halogenated alkanes) is 3. The largest absolute Gasteiger partial charge is 0.401 e. The van der Waals surface area contributed by atoms with Crippen LogP contribution in [0.5, 0.6) is 0 Å². The van der Waals surface area contributed by atoms with E-state index in [2.05, 4.69) is 15.9 Å². The van der Waals surface area contributed by atoms with Crippen molar-refractivity contribution < 1.29 is 13.2 Å². The van der Waals surface area contributed by atoms with Crippen LogP contribution < -0.4 is 0 Å². The lowest BCUT2D eigenvalue weighted by molar-refractivity contribution is -0.128. The first-order chi connectivity index (χ1) is 5.48. The summed E-state index contributed by atoms with van der Waals surface area (Å²) in [5, 5.41) is 0. The fraction of sp³-hybridized carbons (Fsp3) is 1.00. The minimum absolute atomic E-state index is 0.198. The highest BCUT2D eigenvalue weighted by Gasteiger charge is 2.36. The van der Waals surface area contributed by atoms with Crippen LogP contribution in [0, 0.1) is 0 Å². The maximum atomic E-state index is 11.9. The number of halogens is 4. The first kappa shape index (κ1) is 12.3. The molecule has 0 spiro atoms. The van der Waals surface area contributed by atoms with E-state index in [0.29, 0.717) is 6.42 Å². The third kappa shape index (κ3) is 5.86. The Bertz CT molecular complexity index is 111. The van der Waals surface area contributed by atoms with Gasteiger partial charge in [0.2, 0.25) is 0 Å². The van der Waals surface area contributed by atoms with Gasteiger partial charge in [0.1, 0.15) is 4.83 Å². The Morgan fingerprint density at radius 3 is 2.17 bits per heavy atom. The zero-order valence-electron chi connectivity index (χ0n) is 7.12. The fourth-order valence-electron chi connectivity index (χ4n) is 0.914. The van der Waals surface area contributed by atoms with Gasteiger partial charge in [-0.1, -0.05) is 48.5 Å².